The number of hydroxylamine groups is 2. The van der Waals surface area contributed by atoms with Crippen molar-refractivity contribution in [1.29, 1.82) is 0 Å². The molecular formula is C29H44N4O6. The summed E-state index contributed by atoms with van der Waals surface area (Å²) in [4.78, 5) is 42.1. The normalized spacial score (nSPS) is 20.8. The number of piperazine rings is 1. The highest BCUT2D eigenvalue weighted by Gasteiger charge is 2.46. The molecule has 2 fully saturated rings. The van der Waals surface area contributed by atoms with Gasteiger partial charge in [-0.05, 0) is 35.4 Å². The molecule has 1 aromatic carbocycles. The van der Waals surface area contributed by atoms with E-state index in [1.165, 1.54) is 5.56 Å². The monoisotopic (exact) mass is 544 g/mol. The van der Waals surface area contributed by atoms with Gasteiger partial charge in [-0.25, -0.2) is 5.06 Å². The summed E-state index contributed by atoms with van der Waals surface area (Å²) in [6.45, 7) is 10.5. The molecule has 1 saturated heterocycles. The number of fused-ring (bicyclic) bond motifs is 1. The van der Waals surface area contributed by atoms with E-state index in [9.17, 15) is 19.6 Å². The van der Waals surface area contributed by atoms with Crippen LogP contribution < -0.4 is 14.8 Å². The van der Waals surface area contributed by atoms with Crippen molar-refractivity contribution >= 4 is 18.6 Å². The third-order valence-corrected chi connectivity index (χ3v) is 8.66. The van der Waals surface area contributed by atoms with E-state index in [2.05, 4.69) is 21.2 Å². The Morgan fingerprint density at radius 2 is 1.77 bits per heavy atom. The summed E-state index contributed by atoms with van der Waals surface area (Å²) in [6, 6.07) is 6.04. The van der Waals surface area contributed by atoms with Crippen LogP contribution in [0.25, 0.3) is 0 Å². The molecule has 2 amide bonds. The van der Waals surface area contributed by atoms with Gasteiger partial charge in [-0.1, -0.05) is 52.5 Å². The molecule has 1 aromatic rings. The van der Waals surface area contributed by atoms with E-state index >= 15 is 0 Å². The van der Waals surface area contributed by atoms with E-state index in [1.807, 2.05) is 32.9 Å². The summed E-state index contributed by atoms with van der Waals surface area (Å²) in [5.74, 6) is 1.08. The van der Waals surface area contributed by atoms with Gasteiger partial charge in [0, 0.05) is 39.3 Å². The first-order valence-electron chi connectivity index (χ1n) is 14.1. The van der Waals surface area contributed by atoms with Crippen molar-refractivity contribution in [2.24, 2.45) is 17.3 Å². The van der Waals surface area contributed by atoms with Crippen LogP contribution in [0.5, 0.6) is 11.5 Å². The lowest BCUT2D eigenvalue weighted by Gasteiger charge is -2.46. The summed E-state index contributed by atoms with van der Waals surface area (Å²) < 4.78 is 10.9. The lowest BCUT2D eigenvalue weighted by Crippen LogP contribution is -2.66. The molecule has 2 aliphatic heterocycles. The average Bonchev–Trinajstić information content (AvgIpc) is 3.60. The Bertz CT molecular complexity index is 1000. The van der Waals surface area contributed by atoms with Crippen LogP contribution in [0.15, 0.2) is 18.2 Å². The van der Waals surface area contributed by atoms with E-state index in [-0.39, 0.29) is 19.2 Å². The zero-order valence-corrected chi connectivity index (χ0v) is 23.6. The van der Waals surface area contributed by atoms with Crippen LogP contribution >= 0.6 is 0 Å². The molecule has 0 aromatic heterocycles. The number of rotatable bonds is 12. The maximum absolute atomic E-state index is 13.6. The van der Waals surface area contributed by atoms with E-state index < -0.39 is 16.9 Å². The maximum atomic E-state index is 13.6. The number of hydrogen-bond donors (Lipinski definition) is 2. The van der Waals surface area contributed by atoms with Gasteiger partial charge in [-0.15, -0.1) is 0 Å². The lowest BCUT2D eigenvalue weighted by atomic mass is 9.73. The summed E-state index contributed by atoms with van der Waals surface area (Å²) in [5, 5.41) is 13.5. The summed E-state index contributed by atoms with van der Waals surface area (Å²) in [6.07, 6.45) is 6.17. The standard InChI is InChI=1S/C29H44N4O6/c1-28(2,3)29(19-34,30-27(36)24(17-33(37)20-35)14-22-6-4-5-7-22)18-32-12-10-31(11-13-32)16-23-8-9-25-26(15-23)39-21-38-25/h8-9,15,19-20,22,24,37H,4-7,10-14,16-18,21H2,1-3H3,(H,30,36)/t24-,29-/m1/s1. The first kappa shape index (κ1) is 29.3. The molecule has 10 nitrogen and oxygen atoms in total. The number of amides is 2. The quantitative estimate of drug-likeness (QED) is 0.235. The molecule has 1 aliphatic carbocycles. The number of nitrogens with one attached hydrogen (secondary N) is 1. The highest BCUT2D eigenvalue weighted by atomic mass is 16.7. The van der Waals surface area contributed by atoms with Gasteiger partial charge in [0.1, 0.15) is 11.8 Å². The second-order valence-corrected chi connectivity index (χ2v) is 12.4. The van der Waals surface area contributed by atoms with Crippen LogP contribution in [0.3, 0.4) is 0 Å². The molecule has 1 saturated carbocycles. The minimum atomic E-state index is -1.11. The number of carbonyl (C=O) groups excluding carboxylic acids is 3. The molecule has 0 unspecified atom stereocenters. The van der Waals surface area contributed by atoms with Gasteiger partial charge in [0.05, 0.1) is 12.5 Å². The Kier molecular flexibility index (Phi) is 9.51. The number of ether oxygens (including phenoxy) is 2. The second-order valence-electron chi connectivity index (χ2n) is 12.4. The smallest absolute Gasteiger partial charge is 0.233 e. The van der Waals surface area contributed by atoms with Crippen LogP contribution in [0, 0.1) is 17.3 Å². The van der Waals surface area contributed by atoms with Crippen molar-refractivity contribution in [3.05, 3.63) is 23.8 Å². The van der Waals surface area contributed by atoms with Crippen LogP contribution in [-0.2, 0) is 20.9 Å². The first-order chi connectivity index (χ1) is 18.6. The number of aldehydes is 1. The van der Waals surface area contributed by atoms with E-state index in [1.54, 1.807) is 0 Å². The third-order valence-electron chi connectivity index (χ3n) is 8.66. The number of benzene rings is 1. The van der Waals surface area contributed by atoms with Crippen LogP contribution in [0.2, 0.25) is 0 Å². The highest BCUT2D eigenvalue weighted by Crippen LogP contribution is 2.35. The van der Waals surface area contributed by atoms with Crippen molar-refractivity contribution in [1.82, 2.24) is 20.2 Å². The Hall–Kier alpha value is -2.69. The van der Waals surface area contributed by atoms with Crippen molar-refractivity contribution < 1.29 is 29.1 Å². The molecule has 10 heteroatoms. The van der Waals surface area contributed by atoms with E-state index in [0.717, 1.165) is 76.2 Å². The van der Waals surface area contributed by atoms with Gasteiger partial charge >= 0.3 is 0 Å². The Balaban J connectivity index is 1.39. The number of nitrogens with zero attached hydrogens (tertiary/aromatic N) is 3. The van der Waals surface area contributed by atoms with E-state index in [4.69, 9.17) is 9.47 Å². The highest BCUT2D eigenvalue weighted by molar-refractivity contribution is 5.84. The van der Waals surface area contributed by atoms with Crippen LogP contribution in [-0.4, -0.2) is 90.3 Å². The minimum Gasteiger partial charge on any atom is -0.454 e. The van der Waals surface area contributed by atoms with Gasteiger partial charge in [0.25, 0.3) is 0 Å². The predicted octanol–water partition coefficient (Wildman–Crippen LogP) is 2.68. The first-order valence-corrected chi connectivity index (χ1v) is 14.1. The lowest BCUT2D eigenvalue weighted by molar-refractivity contribution is -0.156. The topological polar surface area (TPSA) is 112 Å². The van der Waals surface area contributed by atoms with Crippen LogP contribution in [0.4, 0.5) is 0 Å². The molecule has 2 atom stereocenters. The number of carbonyl (C=O) groups is 3. The zero-order valence-electron chi connectivity index (χ0n) is 23.6. The predicted molar refractivity (Wildman–Crippen MR) is 145 cm³/mol. The third kappa shape index (κ3) is 7.29. The van der Waals surface area contributed by atoms with Crippen molar-refractivity contribution in [3.63, 3.8) is 0 Å². The van der Waals surface area contributed by atoms with Gasteiger partial charge < -0.3 is 19.6 Å². The van der Waals surface area contributed by atoms with Crippen molar-refractivity contribution in [3.8, 4) is 11.5 Å². The Labute approximate surface area is 231 Å². The summed E-state index contributed by atoms with van der Waals surface area (Å²) in [7, 11) is 0. The summed E-state index contributed by atoms with van der Waals surface area (Å²) in [5.41, 5.74) is -0.493. The fraction of sp³-hybridized carbons (Fsp3) is 0.690. The molecule has 0 spiro atoms. The Morgan fingerprint density at radius 1 is 1.10 bits per heavy atom. The molecule has 4 rings (SSSR count). The molecule has 39 heavy (non-hydrogen) atoms. The largest absolute Gasteiger partial charge is 0.454 e. The van der Waals surface area contributed by atoms with Gasteiger partial charge in [0.2, 0.25) is 19.1 Å². The molecule has 0 radical (unpaired) electrons. The van der Waals surface area contributed by atoms with Crippen molar-refractivity contribution in [2.75, 3.05) is 46.1 Å². The van der Waals surface area contributed by atoms with Gasteiger partial charge in [0.15, 0.2) is 11.5 Å². The molecular weight excluding hydrogens is 500 g/mol. The Morgan fingerprint density at radius 3 is 2.41 bits per heavy atom. The molecule has 0 bridgehead atoms. The minimum absolute atomic E-state index is 0.0799. The maximum Gasteiger partial charge on any atom is 0.233 e. The van der Waals surface area contributed by atoms with Crippen molar-refractivity contribution in [2.45, 2.75) is 65.0 Å². The molecule has 2 N–H and O–H groups in total. The fourth-order valence-electron chi connectivity index (χ4n) is 5.97. The molecule has 3 aliphatic rings. The zero-order chi connectivity index (χ0) is 28.0. The summed E-state index contributed by atoms with van der Waals surface area (Å²) >= 11 is 0. The van der Waals surface area contributed by atoms with E-state index in [0.29, 0.717) is 30.4 Å². The SMILES string of the molecule is CC(C)(C)[C@](C=O)(CN1CCN(Cc2ccc3c(c2)OCO3)CC1)NC(=O)[C@H](CC1CCCC1)CN(O)C=O. The molecule has 2 heterocycles. The molecule has 216 valence electrons. The average molecular weight is 545 g/mol. The fourth-order valence-corrected chi connectivity index (χ4v) is 5.97. The van der Waals surface area contributed by atoms with Gasteiger partial charge in [-0.2, -0.15) is 0 Å². The van der Waals surface area contributed by atoms with Crippen LogP contribution in [0.1, 0.15) is 58.4 Å². The van der Waals surface area contributed by atoms with Gasteiger partial charge in [-0.3, -0.25) is 24.6 Å². The second kappa shape index (κ2) is 12.7. The number of hydrogen-bond acceptors (Lipinski definition) is 8.